The Balaban J connectivity index is 1.88. The maximum atomic E-state index is 14.2. The average molecular weight is 390 g/mol. The summed E-state index contributed by atoms with van der Waals surface area (Å²) in [6.07, 6.45) is 3.15. The molecule has 0 saturated carbocycles. The highest BCUT2D eigenvalue weighted by molar-refractivity contribution is 7.89. The van der Waals surface area contributed by atoms with Gasteiger partial charge in [0.15, 0.2) is 0 Å². The second kappa shape index (κ2) is 7.78. The van der Waals surface area contributed by atoms with Crippen LogP contribution in [0.4, 0.5) is 10.1 Å². The maximum Gasteiger partial charge on any atom is 0.255 e. The molecule has 0 unspecified atom stereocenters. The number of hydrogen-bond donors (Lipinski definition) is 1. The Labute approximate surface area is 159 Å². The molecule has 1 amide bonds. The molecule has 3 rings (SSSR count). The van der Waals surface area contributed by atoms with Crippen molar-refractivity contribution in [3.05, 3.63) is 58.9 Å². The van der Waals surface area contributed by atoms with Crippen LogP contribution >= 0.6 is 0 Å². The topological polar surface area (TPSA) is 66.5 Å². The number of carbonyl (C=O) groups is 1. The van der Waals surface area contributed by atoms with E-state index in [2.05, 4.69) is 5.32 Å². The fourth-order valence-corrected chi connectivity index (χ4v) is 4.95. The van der Waals surface area contributed by atoms with Crippen LogP contribution in [0.5, 0.6) is 0 Å². The van der Waals surface area contributed by atoms with Gasteiger partial charge in [0, 0.05) is 24.3 Å². The van der Waals surface area contributed by atoms with E-state index in [1.54, 1.807) is 13.8 Å². The van der Waals surface area contributed by atoms with Gasteiger partial charge in [-0.1, -0.05) is 19.9 Å². The summed E-state index contributed by atoms with van der Waals surface area (Å²) in [5.74, 6) is -1.33. The zero-order valence-electron chi connectivity index (χ0n) is 15.5. The summed E-state index contributed by atoms with van der Waals surface area (Å²) in [6, 6.07) is 9.19. The van der Waals surface area contributed by atoms with Gasteiger partial charge < -0.3 is 5.32 Å². The van der Waals surface area contributed by atoms with E-state index in [1.165, 1.54) is 17.2 Å². The van der Waals surface area contributed by atoms with Crippen LogP contribution < -0.4 is 5.32 Å². The number of amides is 1. The molecule has 1 aliphatic rings. The van der Waals surface area contributed by atoms with Crippen molar-refractivity contribution in [2.75, 3.05) is 18.4 Å². The van der Waals surface area contributed by atoms with Crippen molar-refractivity contribution in [3.8, 4) is 0 Å². The SMILES string of the molecule is CCN(CC)S(=O)(=O)c1cc(C(=O)Nc2ccc3c(c2)CCC3)ccc1F. The molecule has 0 aromatic heterocycles. The van der Waals surface area contributed by atoms with E-state index in [4.69, 9.17) is 0 Å². The van der Waals surface area contributed by atoms with Crippen molar-refractivity contribution >= 4 is 21.6 Å². The van der Waals surface area contributed by atoms with Crippen LogP contribution in [-0.2, 0) is 22.9 Å². The molecular weight excluding hydrogens is 367 g/mol. The minimum absolute atomic E-state index is 0.0997. The minimum Gasteiger partial charge on any atom is -0.322 e. The summed E-state index contributed by atoms with van der Waals surface area (Å²) >= 11 is 0. The Morgan fingerprint density at radius 2 is 1.78 bits per heavy atom. The fourth-order valence-electron chi connectivity index (χ4n) is 3.40. The molecule has 5 nitrogen and oxygen atoms in total. The molecule has 0 spiro atoms. The van der Waals surface area contributed by atoms with Crippen molar-refractivity contribution in [2.45, 2.75) is 38.0 Å². The number of carbonyl (C=O) groups excluding carboxylic acids is 1. The molecule has 27 heavy (non-hydrogen) atoms. The smallest absolute Gasteiger partial charge is 0.255 e. The summed E-state index contributed by atoms with van der Waals surface area (Å²) < 4.78 is 40.6. The van der Waals surface area contributed by atoms with Crippen LogP contribution in [0.15, 0.2) is 41.3 Å². The Morgan fingerprint density at radius 1 is 1.07 bits per heavy atom. The first kappa shape index (κ1) is 19.5. The van der Waals surface area contributed by atoms with Crippen LogP contribution in [0.25, 0.3) is 0 Å². The Morgan fingerprint density at radius 3 is 2.48 bits per heavy atom. The number of aryl methyl sites for hydroxylation is 2. The number of benzene rings is 2. The van der Waals surface area contributed by atoms with Gasteiger partial charge in [-0.25, -0.2) is 12.8 Å². The Kier molecular flexibility index (Phi) is 5.62. The highest BCUT2D eigenvalue weighted by Crippen LogP contribution is 2.26. The second-order valence-corrected chi connectivity index (χ2v) is 8.43. The fraction of sp³-hybridized carbons (Fsp3) is 0.350. The van der Waals surface area contributed by atoms with Crippen molar-refractivity contribution < 1.29 is 17.6 Å². The number of fused-ring (bicyclic) bond motifs is 1. The van der Waals surface area contributed by atoms with Crippen LogP contribution in [0.2, 0.25) is 0 Å². The predicted molar refractivity (Wildman–Crippen MR) is 103 cm³/mol. The van der Waals surface area contributed by atoms with Gasteiger partial charge >= 0.3 is 0 Å². The molecule has 0 atom stereocenters. The highest BCUT2D eigenvalue weighted by Gasteiger charge is 2.26. The van der Waals surface area contributed by atoms with E-state index in [-0.39, 0.29) is 18.7 Å². The number of sulfonamides is 1. The standard InChI is InChI=1S/C20H23FN2O3S/c1-3-23(4-2)27(25,26)19-13-16(9-11-18(19)21)20(24)22-17-10-8-14-6-5-7-15(14)12-17/h8-13H,3-7H2,1-2H3,(H,22,24). The van der Waals surface area contributed by atoms with E-state index >= 15 is 0 Å². The molecule has 2 aromatic carbocycles. The lowest BCUT2D eigenvalue weighted by Gasteiger charge is -2.19. The molecule has 0 fully saturated rings. The van der Waals surface area contributed by atoms with Gasteiger partial charge in [0.2, 0.25) is 10.0 Å². The lowest BCUT2D eigenvalue weighted by molar-refractivity contribution is 0.102. The molecular formula is C20H23FN2O3S. The first-order valence-electron chi connectivity index (χ1n) is 9.09. The minimum atomic E-state index is -3.99. The largest absolute Gasteiger partial charge is 0.322 e. The molecule has 0 heterocycles. The second-order valence-electron chi connectivity index (χ2n) is 6.53. The van der Waals surface area contributed by atoms with Crippen molar-refractivity contribution in [2.24, 2.45) is 0 Å². The summed E-state index contributed by atoms with van der Waals surface area (Å²) in [7, 11) is -3.99. The third-order valence-electron chi connectivity index (χ3n) is 4.87. The van der Waals surface area contributed by atoms with Crippen LogP contribution in [-0.4, -0.2) is 31.7 Å². The summed E-state index contributed by atoms with van der Waals surface area (Å²) in [5, 5.41) is 2.77. The summed E-state index contributed by atoms with van der Waals surface area (Å²) in [6.45, 7) is 3.82. The highest BCUT2D eigenvalue weighted by atomic mass is 32.2. The van der Waals surface area contributed by atoms with E-state index in [1.807, 2.05) is 18.2 Å². The van der Waals surface area contributed by atoms with Gasteiger partial charge in [0.05, 0.1) is 0 Å². The summed E-state index contributed by atoms with van der Waals surface area (Å²) in [5.41, 5.74) is 3.26. The van der Waals surface area contributed by atoms with Crippen molar-refractivity contribution in [1.82, 2.24) is 4.31 Å². The molecule has 2 aromatic rings. The zero-order chi connectivity index (χ0) is 19.6. The number of anilines is 1. The number of hydrogen-bond acceptors (Lipinski definition) is 3. The Bertz CT molecular complexity index is 969. The van der Waals surface area contributed by atoms with Crippen LogP contribution in [0.1, 0.15) is 41.8 Å². The monoisotopic (exact) mass is 390 g/mol. The molecule has 1 N–H and O–H groups in total. The molecule has 1 aliphatic carbocycles. The van der Waals surface area contributed by atoms with Gasteiger partial charge in [-0.2, -0.15) is 4.31 Å². The van der Waals surface area contributed by atoms with Crippen molar-refractivity contribution in [1.29, 1.82) is 0 Å². The maximum absolute atomic E-state index is 14.2. The number of nitrogens with one attached hydrogen (secondary N) is 1. The molecule has 7 heteroatoms. The first-order chi connectivity index (χ1) is 12.9. The van der Waals surface area contributed by atoms with Gasteiger partial charge in [-0.3, -0.25) is 4.79 Å². The molecule has 0 bridgehead atoms. The quantitative estimate of drug-likeness (QED) is 0.820. The number of rotatable bonds is 6. The van der Waals surface area contributed by atoms with E-state index in [9.17, 15) is 17.6 Å². The number of halogens is 1. The van der Waals surface area contributed by atoms with E-state index < -0.39 is 26.6 Å². The predicted octanol–water partition coefficient (Wildman–Crippen LogP) is 3.60. The third kappa shape index (κ3) is 3.89. The van der Waals surface area contributed by atoms with Gasteiger partial charge in [0.1, 0.15) is 10.7 Å². The van der Waals surface area contributed by atoms with Gasteiger partial charge in [0.25, 0.3) is 5.91 Å². The Hall–Kier alpha value is -2.25. The van der Waals surface area contributed by atoms with Gasteiger partial charge in [-0.15, -0.1) is 0 Å². The van der Waals surface area contributed by atoms with Crippen molar-refractivity contribution in [3.63, 3.8) is 0 Å². The van der Waals surface area contributed by atoms with Crippen LogP contribution in [0.3, 0.4) is 0 Å². The van der Waals surface area contributed by atoms with E-state index in [0.29, 0.717) is 5.69 Å². The third-order valence-corrected chi connectivity index (χ3v) is 6.94. The molecule has 0 aliphatic heterocycles. The van der Waals surface area contributed by atoms with Crippen LogP contribution in [0, 0.1) is 5.82 Å². The lowest BCUT2D eigenvalue weighted by Crippen LogP contribution is -2.31. The lowest BCUT2D eigenvalue weighted by atomic mass is 10.1. The molecule has 0 saturated heterocycles. The summed E-state index contributed by atoms with van der Waals surface area (Å²) in [4.78, 5) is 12.1. The van der Waals surface area contributed by atoms with E-state index in [0.717, 1.165) is 35.7 Å². The first-order valence-corrected chi connectivity index (χ1v) is 10.5. The van der Waals surface area contributed by atoms with Gasteiger partial charge in [-0.05, 0) is 60.7 Å². The normalized spacial score (nSPS) is 13.6. The average Bonchev–Trinajstić information content (AvgIpc) is 3.10. The molecule has 144 valence electrons. The number of nitrogens with zero attached hydrogens (tertiary/aromatic N) is 1. The zero-order valence-corrected chi connectivity index (χ0v) is 16.3. The molecule has 0 radical (unpaired) electrons.